The standard InChI is InChI=1S/C11H16ClN3O2/c1-2-14-4-3-13-10(11(14)16)15-5-6-17-8-9(15)7-12/h3-4,9H,2,5-8H2,1H3. The van der Waals surface area contributed by atoms with Crippen molar-refractivity contribution in [1.82, 2.24) is 9.55 Å². The van der Waals surface area contributed by atoms with Crippen molar-refractivity contribution in [2.45, 2.75) is 19.5 Å². The van der Waals surface area contributed by atoms with E-state index in [4.69, 9.17) is 16.3 Å². The summed E-state index contributed by atoms with van der Waals surface area (Å²) in [6.45, 7) is 4.39. The number of hydrogen-bond acceptors (Lipinski definition) is 4. The molecule has 0 aromatic carbocycles. The number of ether oxygens (including phenoxy) is 1. The van der Waals surface area contributed by atoms with E-state index in [0.29, 0.717) is 38.0 Å². The third-order valence-electron chi connectivity index (χ3n) is 2.91. The molecule has 2 heterocycles. The number of aromatic nitrogens is 2. The Morgan fingerprint density at radius 2 is 2.47 bits per heavy atom. The Labute approximate surface area is 105 Å². The Morgan fingerprint density at radius 1 is 1.65 bits per heavy atom. The molecule has 1 saturated heterocycles. The summed E-state index contributed by atoms with van der Waals surface area (Å²) in [4.78, 5) is 18.3. The van der Waals surface area contributed by atoms with Crippen LogP contribution in [0.1, 0.15) is 6.92 Å². The minimum absolute atomic E-state index is 0.0262. The number of rotatable bonds is 3. The Hall–Kier alpha value is -1.07. The Balaban J connectivity index is 2.35. The fourth-order valence-electron chi connectivity index (χ4n) is 1.94. The molecule has 1 aromatic rings. The molecule has 0 N–H and O–H groups in total. The highest BCUT2D eigenvalue weighted by Gasteiger charge is 2.25. The smallest absolute Gasteiger partial charge is 0.293 e. The van der Waals surface area contributed by atoms with Crippen LogP contribution in [0.5, 0.6) is 0 Å². The molecule has 1 unspecified atom stereocenters. The predicted molar refractivity (Wildman–Crippen MR) is 66.8 cm³/mol. The van der Waals surface area contributed by atoms with Crippen LogP contribution in [0.25, 0.3) is 0 Å². The molecule has 0 bridgehead atoms. The lowest BCUT2D eigenvalue weighted by molar-refractivity contribution is 0.0992. The second kappa shape index (κ2) is 5.51. The molecular formula is C11H16ClN3O2. The first kappa shape index (κ1) is 12.4. The zero-order valence-corrected chi connectivity index (χ0v) is 10.6. The molecule has 2 rings (SSSR count). The van der Waals surface area contributed by atoms with Gasteiger partial charge in [-0.3, -0.25) is 4.79 Å². The molecule has 94 valence electrons. The second-order valence-corrected chi connectivity index (χ2v) is 4.23. The minimum atomic E-state index is -0.0629. The first-order valence-electron chi connectivity index (χ1n) is 5.73. The number of morpholine rings is 1. The molecule has 0 spiro atoms. The predicted octanol–water partition coefficient (Wildman–Crippen LogP) is 0.707. The topological polar surface area (TPSA) is 47.4 Å². The average molecular weight is 258 g/mol. The van der Waals surface area contributed by atoms with Crippen molar-refractivity contribution in [3.05, 3.63) is 22.7 Å². The molecule has 1 aliphatic rings. The van der Waals surface area contributed by atoms with Crippen molar-refractivity contribution in [2.75, 3.05) is 30.5 Å². The minimum Gasteiger partial charge on any atom is -0.377 e. The van der Waals surface area contributed by atoms with E-state index in [0.717, 1.165) is 0 Å². The molecule has 1 aromatic heterocycles. The van der Waals surface area contributed by atoms with Crippen molar-refractivity contribution in [1.29, 1.82) is 0 Å². The molecule has 1 atom stereocenters. The van der Waals surface area contributed by atoms with E-state index in [1.165, 1.54) is 0 Å². The van der Waals surface area contributed by atoms with E-state index >= 15 is 0 Å². The molecule has 1 aliphatic heterocycles. The molecule has 5 nitrogen and oxygen atoms in total. The summed E-state index contributed by atoms with van der Waals surface area (Å²) in [7, 11) is 0. The first-order valence-corrected chi connectivity index (χ1v) is 6.27. The normalized spacial score (nSPS) is 20.6. The third-order valence-corrected chi connectivity index (χ3v) is 3.27. The lowest BCUT2D eigenvalue weighted by Crippen LogP contribution is -2.49. The zero-order chi connectivity index (χ0) is 12.3. The van der Waals surface area contributed by atoms with Gasteiger partial charge in [0.25, 0.3) is 5.56 Å². The summed E-state index contributed by atoms with van der Waals surface area (Å²) in [6.07, 6.45) is 3.35. The maximum absolute atomic E-state index is 12.1. The SMILES string of the molecule is CCn1ccnc(N2CCOCC2CCl)c1=O. The monoisotopic (exact) mass is 257 g/mol. The summed E-state index contributed by atoms with van der Waals surface area (Å²) in [6, 6.07) is 0.0262. The molecule has 0 saturated carbocycles. The number of alkyl halides is 1. The number of halogens is 1. The summed E-state index contributed by atoms with van der Waals surface area (Å²) in [5, 5.41) is 0. The van der Waals surface area contributed by atoms with Crippen LogP contribution in [0, 0.1) is 0 Å². The molecule has 6 heteroatoms. The van der Waals surface area contributed by atoms with Crippen LogP contribution in [0.2, 0.25) is 0 Å². The van der Waals surface area contributed by atoms with Crippen LogP contribution < -0.4 is 10.5 Å². The van der Waals surface area contributed by atoms with Crippen molar-refractivity contribution < 1.29 is 4.74 Å². The van der Waals surface area contributed by atoms with Gasteiger partial charge in [-0.25, -0.2) is 4.98 Å². The van der Waals surface area contributed by atoms with Crippen LogP contribution in [0.4, 0.5) is 5.82 Å². The van der Waals surface area contributed by atoms with Crippen LogP contribution in [-0.4, -0.2) is 41.2 Å². The Morgan fingerprint density at radius 3 is 3.18 bits per heavy atom. The van der Waals surface area contributed by atoms with Crippen molar-refractivity contribution in [3.63, 3.8) is 0 Å². The van der Waals surface area contributed by atoms with Crippen molar-refractivity contribution in [2.24, 2.45) is 0 Å². The molecule has 1 fully saturated rings. The molecule has 0 radical (unpaired) electrons. The van der Waals surface area contributed by atoms with Crippen molar-refractivity contribution in [3.8, 4) is 0 Å². The number of aryl methyl sites for hydroxylation is 1. The summed E-state index contributed by atoms with van der Waals surface area (Å²) < 4.78 is 7.00. The molecule has 0 amide bonds. The number of hydrogen-bond donors (Lipinski definition) is 0. The average Bonchev–Trinajstić information content (AvgIpc) is 2.39. The van der Waals surface area contributed by atoms with Gasteiger partial charge in [0.2, 0.25) is 0 Å². The van der Waals surface area contributed by atoms with E-state index in [9.17, 15) is 4.79 Å². The summed E-state index contributed by atoms with van der Waals surface area (Å²) in [5.74, 6) is 0.908. The fourth-order valence-corrected chi connectivity index (χ4v) is 2.20. The van der Waals surface area contributed by atoms with Gasteiger partial charge in [-0.05, 0) is 6.92 Å². The third kappa shape index (κ3) is 2.45. The van der Waals surface area contributed by atoms with Gasteiger partial charge in [-0.1, -0.05) is 0 Å². The summed E-state index contributed by atoms with van der Waals surface area (Å²) >= 11 is 5.89. The van der Waals surface area contributed by atoms with E-state index < -0.39 is 0 Å². The Bertz CT molecular complexity index is 435. The van der Waals surface area contributed by atoms with Crippen LogP contribution >= 0.6 is 11.6 Å². The molecular weight excluding hydrogens is 242 g/mol. The second-order valence-electron chi connectivity index (χ2n) is 3.92. The van der Waals surface area contributed by atoms with E-state index in [1.54, 1.807) is 17.0 Å². The van der Waals surface area contributed by atoms with Gasteiger partial charge in [-0.2, -0.15) is 0 Å². The lowest BCUT2D eigenvalue weighted by atomic mass is 10.2. The fraction of sp³-hybridized carbons (Fsp3) is 0.636. The number of nitrogens with zero attached hydrogens (tertiary/aromatic N) is 3. The van der Waals surface area contributed by atoms with E-state index in [1.807, 2.05) is 11.8 Å². The van der Waals surface area contributed by atoms with Gasteiger partial charge in [0.1, 0.15) is 0 Å². The Kier molecular flexibility index (Phi) is 4.02. The highest BCUT2D eigenvalue weighted by atomic mass is 35.5. The van der Waals surface area contributed by atoms with Gasteiger partial charge in [0.15, 0.2) is 5.82 Å². The zero-order valence-electron chi connectivity index (χ0n) is 9.80. The highest BCUT2D eigenvalue weighted by molar-refractivity contribution is 6.18. The van der Waals surface area contributed by atoms with E-state index in [-0.39, 0.29) is 11.6 Å². The van der Waals surface area contributed by atoms with Crippen LogP contribution in [0.15, 0.2) is 17.2 Å². The maximum atomic E-state index is 12.1. The largest absolute Gasteiger partial charge is 0.377 e. The van der Waals surface area contributed by atoms with Crippen LogP contribution in [0.3, 0.4) is 0 Å². The van der Waals surface area contributed by atoms with Gasteiger partial charge < -0.3 is 14.2 Å². The summed E-state index contributed by atoms with van der Waals surface area (Å²) in [5.41, 5.74) is -0.0629. The molecule has 0 aliphatic carbocycles. The van der Waals surface area contributed by atoms with Crippen molar-refractivity contribution >= 4 is 17.4 Å². The van der Waals surface area contributed by atoms with Gasteiger partial charge in [0.05, 0.1) is 19.3 Å². The number of anilines is 1. The quantitative estimate of drug-likeness (QED) is 0.749. The molecule has 17 heavy (non-hydrogen) atoms. The van der Waals surface area contributed by atoms with Gasteiger partial charge in [-0.15, -0.1) is 11.6 Å². The lowest BCUT2D eigenvalue weighted by Gasteiger charge is -2.34. The van der Waals surface area contributed by atoms with Gasteiger partial charge in [0, 0.05) is 31.4 Å². The van der Waals surface area contributed by atoms with Crippen LogP contribution in [-0.2, 0) is 11.3 Å². The van der Waals surface area contributed by atoms with Gasteiger partial charge >= 0.3 is 0 Å². The maximum Gasteiger partial charge on any atom is 0.293 e. The highest BCUT2D eigenvalue weighted by Crippen LogP contribution is 2.14. The first-order chi connectivity index (χ1) is 8.27. The van der Waals surface area contributed by atoms with E-state index in [2.05, 4.69) is 4.98 Å².